The third kappa shape index (κ3) is 5.04. The van der Waals surface area contributed by atoms with Crippen molar-refractivity contribution >= 4 is 45.6 Å². The molecule has 0 aliphatic carbocycles. The first-order valence-corrected chi connectivity index (χ1v) is 9.38. The van der Waals surface area contributed by atoms with Gasteiger partial charge in [0.1, 0.15) is 11.6 Å². The minimum absolute atomic E-state index is 0.0219. The summed E-state index contributed by atoms with van der Waals surface area (Å²) in [5.74, 6) is -0.0201. The molecule has 0 aliphatic heterocycles. The summed E-state index contributed by atoms with van der Waals surface area (Å²) in [7, 11) is 1.52. The molecule has 1 aromatic heterocycles. The Morgan fingerprint density at radius 2 is 2.03 bits per heavy atom. The molecule has 3 aromatic rings. The number of nitrogens with zero attached hydrogens (tertiary/aromatic N) is 1. The molecule has 0 unspecified atom stereocenters. The Balaban J connectivity index is 1.93. The Hall–Kier alpha value is -3.10. The number of hydrogen-bond acceptors (Lipinski definition) is 5. The summed E-state index contributed by atoms with van der Waals surface area (Å²) in [6, 6.07) is 9.22. The maximum atomic E-state index is 13.4. The molecule has 1 heterocycles. The molecule has 0 atom stereocenters. The van der Waals surface area contributed by atoms with Crippen LogP contribution in [0.1, 0.15) is 13.3 Å². The van der Waals surface area contributed by atoms with Crippen molar-refractivity contribution in [3.63, 3.8) is 0 Å². The number of ether oxygens (including phenoxy) is 1. The standard InChI is InChI=1S/C20H21ClFN5O2/c1-3-7-24-27-20(28)26-18-10-13-16(6-8-23-17(13)11-19(18)29-2)25-12-4-5-15(22)14(21)9-12/h4-6,8-11,24H,3,7H2,1-2H3,(H,23,25)(H2,26,27,28). The van der Waals surface area contributed by atoms with Gasteiger partial charge in [-0.1, -0.05) is 18.5 Å². The number of pyridine rings is 1. The van der Waals surface area contributed by atoms with Crippen LogP contribution in [-0.2, 0) is 0 Å². The van der Waals surface area contributed by atoms with Gasteiger partial charge in [0, 0.05) is 35.6 Å². The number of rotatable bonds is 7. The van der Waals surface area contributed by atoms with Gasteiger partial charge in [0.25, 0.3) is 0 Å². The number of hydrazine groups is 1. The van der Waals surface area contributed by atoms with Crippen molar-refractivity contribution in [1.29, 1.82) is 0 Å². The molecule has 0 spiro atoms. The molecule has 3 rings (SSSR count). The summed E-state index contributed by atoms with van der Waals surface area (Å²) in [6.07, 6.45) is 2.53. The van der Waals surface area contributed by atoms with Gasteiger partial charge in [-0.15, -0.1) is 0 Å². The summed E-state index contributed by atoms with van der Waals surface area (Å²) < 4.78 is 18.8. The molecule has 0 saturated carbocycles. The molecule has 0 fully saturated rings. The zero-order valence-corrected chi connectivity index (χ0v) is 16.7. The predicted octanol–water partition coefficient (Wildman–Crippen LogP) is 4.82. The predicted molar refractivity (Wildman–Crippen MR) is 113 cm³/mol. The van der Waals surface area contributed by atoms with E-state index in [1.54, 1.807) is 30.5 Å². The van der Waals surface area contributed by atoms with Gasteiger partial charge in [-0.25, -0.2) is 14.6 Å². The second-order valence-corrected chi connectivity index (χ2v) is 6.60. The third-order valence-corrected chi connectivity index (χ3v) is 4.38. The number of urea groups is 1. The number of halogens is 2. The molecule has 2 aromatic carbocycles. The van der Waals surface area contributed by atoms with Crippen molar-refractivity contribution in [3.05, 3.63) is 53.4 Å². The zero-order chi connectivity index (χ0) is 20.8. The minimum Gasteiger partial charge on any atom is -0.494 e. The molecule has 7 nitrogen and oxygen atoms in total. The van der Waals surface area contributed by atoms with Crippen LogP contribution in [-0.4, -0.2) is 24.7 Å². The lowest BCUT2D eigenvalue weighted by Crippen LogP contribution is -2.40. The van der Waals surface area contributed by atoms with Crippen molar-refractivity contribution in [3.8, 4) is 5.75 Å². The van der Waals surface area contributed by atoms with Crippen LogP contribution in [0.5, 0.6) is 5.75 Å². The SMILES string of the molecule is CCCNNC(=O)Nc1cc2c(Nc3ccc(F)c(Cl)c3)ccnc2cc1OC. The van der Waals surface area contributed by atoms with E-state index in [0.29, 0.717) is 34.9 Å². The van der Waals surface area contributed by atoms with E-state index in [4.69, 9.17) is 16.3 Å². The van der Waals surface area contributed by atoms with Crippen molar-refractivity contribution < 1.29 is 13.9 Å². The van der Waals surface area contributed by atoms with E-state index in [1.807, 2.05) is 6.92 Å². The molecule has 0 aliphatic rings. The van der Waals surface area contributed by atoms with E-state index in [0.717, 1.165) is 11.8 Å². The van der Waals surface area contributed by atoms with Crippen LogP contribution in [0.3, 0.4) is 0 Å². The van der Waals surface area contributed by atoms with Crippen LogP contribution in [0.25, 0.3) is 10.9 Å². The van der Waals surface area contributed by atoms with Crippen molar-refractivity contribution in [2.75, 3.05) is 24.3 Å². The second kappa shape index (κ2) is 9.40. The van der Waals surface area contributed by atoms with Crippen molar-refractivity contribution in [1.82, 2.24) is 15.8 Å². The lowest BCUT2D eigenvalue weighted by Gasteiger charge is -2.15. The number of carbonyl (C=O) groups excluding carboxylic acids is 1. The van der Waals surface area contributed by atoms with Gasteiger partial charge in [-0.05, 0) is 36.8 Å². The number of hydrogen-bond donors (Lipinski definition) is 4. The summed E-state index contributed by atoms with van der Waals surface area (Å²) in [5.41, 5.74) is 7.85. The fraction of sp³-hybridized carbons (Fsp3) is 0.200. The number of nitrogens with one attached hydrogen (secondary N) is 4. The third-order valence-electron chi connectivity index (χ3n) is 4.09. The Bertz CT molecular complexity index is 1030. The van der Waals surface area contributed by atoms with E-state index in [1.165, 1.54) is 19.2 Å². The zero-order valence-electron chi connectivity index (χ0n) is 16.0. The molecular formula is C20H21ClFN5O2. The van der Waals surface area contributed by atoms with Gasteiger partial charge in [-0.2, -0.15) is 0 Å². The van der Waals surface area contributed by atoms with Crippen molar-refractivity contribution in [2.45, 2.75) is 13.3 Å². The average molecular weight is 418 g/mol. The first-order chi connectivity index (χ1) is 14.0. The maximum absolute atomic E-state index is 13.4. The number of anilines is 3. The Kier molecular flexibility index (Phi) is 6.69. The van der Waals surface area contributed by atoms with Crippen LogP contribution < -0.4 is 26.2 Å². The van der Waals surface area contributed by atoms with E-state index < -0.39 is 11.8 Å². The smallest absolute Gasteiger partial charge is 0.333 e. The van der Waals surface area contributed by atoms with Crippen LogP contribution in [0, 0.1) is 5.82 Å². The van der Waals surface area contributed by atoms with E-state index in [2.05, 4.69) is 26.5 Å². The van der Waals surface area contributed by atoms with Crippen molar-refractivity contribution in [2.24, 2.45) is 0 Å². The fourth-order valence-electron chi connectivity index (χ4n) is 2.70. The Morgan fingerprint density at radius 3 is 2.76 bits per heavy atom. The quantitative estimate of drug-likeness (QED) is 0.327. The van der Waals surface area contributed by atoms with E-state index in [-0.39, 0.29) is 5.02 Å². The summed E-state index contributed by atoms with van der Waals surface area (Å²) in [4.78, 5) is 16.5. The van der Waals surface area contributed by atoms with Gasteiger partial charge in [-0.3, -0.25) is 10.4 Å². The Morgan fingerprint density at radius 1 is 1.21 bits per heavy atom. The molecule has 0 saturated heterocycles. The van der Waals surface area contributed by atoms with Gasteiger partial charge >= 0.3 is 6.03 Å². The van der Waals surface area contributed by atoms with Gasteiger partial charge in [0.15, 0.2) is 0 Å². The summed E-state index contributed by atoms with van der Waals surface area (Å²) in [5, 5.41) is 6.72. The lowest BCUT2D eigenvalue weighted by atomic mass is 10.1. The highest BCUT2D eigenvalue weighted by Crippen LogP contribution is 2.34. The highest BCUT2D eigenvalue weighted by molar-refractivity contribution is 6.31. The topological polar surface area (TPSA) is 87.3 Å². The number of amides is 2. The monoisotopic (exact) mass is 417 g/mol. The number of aromatic nitrogens is 1. The molecule has 0 radical (unpaired) electrons. The normalized spacial score (nSPS) is 10.6. The molecular weight excluding hydrogens is 397 g/mol. The van der Waals surface area contributed by atoms with Gasteiger partial charge < -0.3 is 15.4 Å². The van der Waals surface area contributed by atoms with E-state index in [9.17, 15) is 9.18 Å². The van der Waals surface area contributed by atoms with E-state index >= 15 is 0 Å². The molecule has 2 amide bonds. The minimum atomic E-state index is -0.490. The highest BCUT2D eigenvalue weighted by Gasteiger charge is 2.12. The summed E-state index contributed by atoms with van der Waals surface area (Å²) >= 11 is 5.87. The first kappa shape index (κ1) is 20.6. The Labute approximate surface area is 172 Å². The average Bonchev–Trinajstić information content (AvgIpc) is 2.71. The maximum Gasteiger partial charge on any atom is 0.333 e. The molecule has 152 valence electrons. The van der Waals surface area contributed by atoms with Crippen LogP contribution in [0.4, 0.5) is 26.2 Å². The van der Waals surface area contributed by atoms with Crippen LogP contribution >= 0.6 is 11.6 Å². The lowest BCUT2D eigenvalue weighted by molar-refractivity contribution is 0.248. The van der Waals surface area contributed by atoms with Gasteiger partial charge in [0.05, 0.1) is 23.3 Å². The fourth-order valence-corrected chi connectivity index (χ4v) is 2.88. The number of fused-ring (bicyclic) bond motifs is 1. The molecule has 0 bridgehead atoms. The van der Waals surface area contributed by atoms with Crippen LogP contribution in [0.2, 0.25) is 5.02 Å². The highest BCUT2D eigenvalue weighted by atomic mass is 35.5. The second-order valence-electron chi connectivity index (χ2n) is 6.19. The number of carbonyl (C=O) groups is 1. The largest absolute Gasteiger partial charge is 0.494 e. The number of methoxy groups -OCH3 is 1. The molecule has 29 heavy (non-hydrogen) atoms. The van der Waals surface area contributed by atoms with Crippen LogP contribution in [0.15, 0.2) is 42.6 Å². The van der Waals surface area contributed by atoms with Gasteiger partial charge in [0.2, 0.25) is 0 Å². The molecule has 4 N–H and O–H groups in total. The summed E-state index contributed by atoms with van der Waals surface area (Å²) in [6.45, 7) is 2.65. The number of benzene rings is 2. The molecule has 9 heteroatoms. The first-order valence-electron chi connectivity index (χ1n) is 9.00.